The lowest BCUT2D eigenvalue weighted by Gasteiger charge is -2.04. The molecule has 4 rings (SSSR count). The molecule has 23 heavy (non-hydrogen) atoms. The lowest BCUT2D eigenvalue weighted by Crippen LogP contribution is -1.92. The number of benzene rings is 1. The van der Waals surface area contributed by atoms with E-state index in [1.807, 2.05) is 59.1 Å². The molecule has 0 fully saturated rings. The SMILES string of the molecule is N#Cc1cccc(-c2nnc3ccc(-c4ccccn4)cn23)c1. The number of rotatable bonds is 2. The van der Waals surface area contributed by atoms with Crippen LogP contribution in [0.15, 0.2) is 67.0 Å². The average Bonchev–Trinajstić information content (AvgIpc) is 3.05. The average molecular weight is 297 g/mol. The molecular weight excluding hydrogens is 286 g/mol. The predicted molar refractivity (Wildman–Crippen MR) is 86.4 cm³/mol. The van der Waals surface area contributed by atoms with Crippen LogP contribution in [0.3, 0.4) is 0 Å². The van der Waals surface area contributed by atoms with Crippen molar-refractivity contribution in [2.75, 3.05) is 0 Å². The molecule has 0 unspecified atom stereocenters. The van der Waals surface area contributed by atoms with E-state index in [9.17, 15) is 0 Å². The molecule has 1 aromatic carbocycles. The maximum absolute atomic E-state index is 9.06. The van der Waals surface area contributed by atoms with Crippen molar-refractivity contribution in [2.24, 2.45) is 0 Å². The first-order chi connectivity index (χ1) is 11.3. The first kappa shape index (κ1) is 13.2. The van der Waals surface area contributed by atoms with Crippen LogP contribution >= 0.6 is 0 Å². The lowest BCUT2D eigenvalue weighted by atomic mass is 10.1. The molecule has 0 radical (unpaired) electrons. The van der Waals surface area contributed by atoms with E-state index in [0.717, 1.165) is 22.5 Å². The summed E-state index contributed by atoms with van der Waals surface area (Å²) in [4.78, 5) is 4.37. The molecule has 0 aliphatic carbocycles. The summed E-state index contributed by atoms with van der Waals surface area (Å²) < 4.78 is 1.92. The number of nitriles is 1. The number of nitrogens with zero attached hydrogens (tertiary/aromatic N) is 5. The first-order valence-corrected chi connectivity index (χ1v) is 7.12. The van der Waals surface area contributed by atoms with Crippen molar-refractivity contribution in [2.45, 2.75) is 0 Å². The number of pyridine rings is 2. The molecule has 0 amide bonds. The Kier molecular flexibility index (Phi) is 3.06. The number of aromatic nitrogens is 4. The van der Waals surface area contributed by atoms with E-state index in [1.165, 1.54) is 0 Å². The van der Waals surface area contributed by atoms with Crippen molar-refractivity contribution in [3.05, 3.63) is 72.6 Å². The molecule has 5 heteroatoms. The summed E-state index contributed by atoms with van der Waals surface area (Å²) in [5.41, 5.74) is 4.08. The Balaban J connectivity index is 1.90. The van der Waals surface area contributed by atoms with Gasteiger partial charge in [0, 0.05) is 23.5 Å². The molecular formula is C18H11N5. The minimum Gasteiger partial charge on any atom is -0.282 e. The van der Waals surface area contributed by atoms with Crippen LogP contribution in [0.1, 0.15) is 5.56 Å². The van der Waals surface area contributed by atoms with Gasteiger partial charge in [-0.3, -0.25) is 9.38 Å². The van der Waals surface area contributed by atoms with Gasteiger partial charge in [-0.05, 0) is 36.4 Å². The zero-order valence-electron chi connectivity index (χ0n) is 12.1. The highest BCUT2D eigenvalue weighted by molar-refractivity contribution is 5.65. The van der Waals surface area contributed by atoms with Gasteiger partial charge in [-0.15, -0.1) is 10.2 Å². The molecule has 0 aliphatic rings. The Morgan fingerprint density at radius 3 is 2.70 bits per heavy atom. The van der Waals surface area contributed by atoms with E-state index in [2.05, 4.69) is 21.3 Å². The molecule has 0 N–H and O–H groups in total. The van der Waals surface area contributed by atoms with E-state index in [-0.39, 0.29) is 0 Å². The molecule has 4 aromatic rings. The zero-order valence-corrected chi connectivity index (χ0v) is 12.1. The van der Waals surface area contributed by atoms with Gasteiger partial charge in [0.25, 0.3) is 0 Å². The van der Waals surface area contributed by atoms with Gasteiger partial charge in [0.1, 0.15) is 0 Å². The summed E-state index contributed by atoms with van der Waals surface area (Å²) in [5.74, 6) is 0.704. The summed E-state index contributed by atoms with van der Waals surface area (Å²) in [6.45, 7) is 0. The fourth-order valence-electron chi connectivity index (χ4n) is 2.50. The third-order valence-corrected chi connectivity index (χ3v) is 3.61. The van der Waals surface area contributed by atoms with Crippen molar-refractivity contribution in [3.8, 4) is 28.7 Å². The van der Waals surface area contributed by atoms with Crippen LogP contribution in [-0.2, 0) is 0 Å². The molecule has 0 saturated carbocycles. The number of hydrogen-bond acceptors (Lipinski definition) is 4. The van der Waals surface area contributed by atoms with Crippen molar-refractivity contribution >= 4 is 5.65 Å². The van der Waals surface area contributed by atoms with Crippen LogP contribution in [0.4, 0.5) is 0 Å². The van der Waals surface area contributed by atoms with Crippen LogP contribution in [-0.4, -0.2) is 19.6 Å². The largest absolute Gasteiger partial charge is 0.282 e. The Morgan fingerprint density at radius 1 is 0.913 bits per heavy atom. The normalized spacial score (nSPS) is 10.6. The van der Waals surface area contributed by atoms with Crippen LogP contribution in [0.5, 0.6) is 0 Å². The van der Waals surface area contributed by atoms with E-state index >= 15 is 0 Å². The van der Waals surface area contributed by atoms with Gasteiger partial charge < -0.3 is 0 Å². The molecule has 0 atom stereocenters. The maximum Gasteiger partial charge on any atom is 0.168 e. The van der Waals surface area contributed by atoms with E-state index in [1.54, 1.807) is 12.3 Å². The van der Waals surface area contributed by atoms with Gasteiger partial charge in [0.05, 0.1) is 17.3 Å². The Bertz CT molecular complexity index is 1030. The van der Waals surface area contributed by atoms with Crippen molar-refractivity contribution in [1.29, 1.82) is 5.26 Å². The molecule has 0 spiro atoms. The van der Waals surface area contributed by atoms with E-state index < -0.39 is 0 Å². The molecule has 0 aliphatic heterocycles. The third-order valence-electron chi connectivity index (χ3n) is 3.61. The lowest BCUT2D eigenvalue weighted by molar-refractivity contribution is 1.11. The first-order valence-electron chi connectivity index (χ1n) is 7.12. The second-order valence-corrected chi connectivity index (χ2v) is 5.08. The Hall–Kier alpha value is -3.52. The van der Waals surface area contributed by atoms with Gasteiger partial charge in [-0.2, -0.15) is 5.26 Å². The molecule has 108 valence electrons. The van der Waals surface area contributed by atoms with Crippen molar-refractivity contribution < 1.29 is 0 Å². The van der Waals surface area contributed by atoms with E-state index in [4.69, 9.17) is 5.26 Å². The standard InChI is InChI=1S/C18H11N5/c19-11-13-4-3-5-14(10-13)18-22-21-17-8-7-15(12-23(17)18)16-6-1-2-9-20-16/h1-10,12H. The fourth-order valence-corrected chi connectivity index (χ4v) is 2.50. The van der Waals surface area contributed by atoms with Gasteiger partial charge in [0.2, 0.25) is 0 Å². The summed E-state index contributed by atoms with van der Waals surface area (Å²) in [6, 6.07) is 19.2. The molecule has 0 bridgehead atoms. The van der Waals surface area contributed by atoms with Crippen molar-refractivity contribution in [1.82, 2.24) is 19.6 Å². The quantitative estimate of drug-likeness (QED) is 0.569. The summed E-state index contributed by atoms with van der Waals surface area (Å²) in [5, 5.41) is 17.5. The minimum absolute atomic E-state index is 0.597. The number of hydrogen-bond donors (Lipinski definition) is 0. The monoisotopic (exact) mass is 297 g/mol. The highest BCUT2D eigenvalue weighted by atomic mass is 15.2. The zero-order chi connectivity index (χ0) is 15.6. The second kappa shape index (κ2) is 5.35. The van der Waals surface area contributed by atoms with Crippen LogP contribution in [0.25, 0.3) is 28.3 Å². The summed E-state index contributed by atoms with van der Waals surface area (Å²) in [7, 11) is 0. The van der Waals surface area contributed by atoms with Gasteiger partial charge in [-0.1, -0.05) is 18.2 Å². The molecule has 3 heterocycles. The summed E-state index contributed by atoms with van der Waals surface area (Å²) in [6.07, 6.45) is 3.73. The van der Waals surface area contributed by atoms with Gasteiger partial charge >= 0.3 is 0 Å². The predicted octanol–water partition coefficient (Wildman–Crippen LogP) is 3.33. The minimum atomic E-state index is 0.597. The topological polar surface area (TPSA) is 66.9 Å². The molecule has 5 nitrogen and oxygen atoms in total. The van der Waals surface area contributed by atoms with Crippen LogP contribution < -0.4 is 0 Å². The van der Waals surface area contributed by atoms with Gasteiger partial charge in [-0.25, -0.2) is 0 Å². The third kappa shape index (κ3) is 2.32. The fraction of sp³-hybridized carbons (Fsp3) is 0. The smallest absolute Gasteiger partial charge is 0.168 e. The van der Waals surface area contributed by atoms with Crippen LogP contribution in [0.2, 0.25) is 0 Å². The molecule has 3 aromatic heterocycles. The highest BCUT2D eigenvalue weighted by Crippen LogP contribution is 2.23. The molecule has 0 saturated heterocycles. The Morgan fingerprint density at radius 2 is 1.87 bits per heavy atom. The second-order valence-electron chi connectivity index (χ2n) is 5.08. The van der Waals surface area contributed by atoms with E-state index in [0.29, 0.717) is 11.4 Å². The summed E-state index contributed by atoms with van der Waals surface area (Å²) >= 11 is 0. The number of fused-ring (bicyclic) bond motifs is 1. The maximum atomic E-state index is 9.06. The van der Waals surface area contributed by atoms with Crippen molar-refractivity contribution in [3.63, 3.8) is 0 Å². The Labute approximate surface area is 132 Å². The highest BCUT2D eigenvalue weighted by Gasteiger charge is 2.10. The van der Waals surface area contributed by atoms with Gasteiger partial charge in [0.15, 0.2) is 11.5 Å². The van der Waals surface area contributed by atoms with Crippen LogP contribution in [0, 0.1) is 11.3 Å².